The highest BCUT2D eigenvalue weighted by Gasteiger charge is 2.11. The molecule has 0 saturated heterocycles. The van der Waals surface area contributed by atoms with Crippen molar-refractivity contribution in [2.45, 2.75) is 26.0 Å². The van der Waals surface area contributed by atoms with Gasteiger partial charge in [-0.15, -0.1) is 0 Å². The maximum atomic E-state index is 13.5. The minimum absolute atomic E-state index is 0.103. The van der Waals surface area contributed by atoms with Crippen molar-refractivity contribution in [3.63, 3.8) is 0 Å². The fourth-order valence-electron chi connectivity index (χ4n) is 2.01. The highest BCUT2D eigenvalue weighted by Crippen LogP contribution is 2.23. The average Bonchev–Trinajstić information content (AvgIpc) is 2.41. The van der Waals surface area contributed by atoms with Crippen LogP contribution in [0.15, 0.2) is 36.4 Å². The Balaban J connectivity index is 2.18. The van der Waals surface area contributed by atoms with E-state index < -0.39 is 17.5 Å². The van der Waals surface area contributed by atoms with Crippen LogP contribution in [0.4, 0.5) is 13.2 Å². The van der Waals surface area contributed by atoms with Crippen LogP contribution in [0.2, 0.25) is 0 Å². The van der Waals surface area contributed by atoms with E-state index >= 15 is 0 Å². The highest BCUT2D eigenvalue weighted by atomic mass is 19.2. The van der Waals surface area contributed by atoms with E-state index in [2.05, 4.69) is 0 Å². The molecule has 0 heterocycles. The zero-order chi connectivity index (χ0) is 15.4. The molecule has 0 aliphatic rings. The van der Waals surface area contributed by atoms with Crippen LogP contribution in [0.3, 0.4) is 0 Å². The molecule has 112 valence electrons. The predicted molar refractivity (Wildman–Crippen MR) is 74.4 cm³/mol. The van der Waals surface area contributed by atoms with Crippen molar-refractivity contribution in [1.82, 2.24) is 0 Å². The third-order valence-corrected chi connectivity index (χ3v) is 2.98. The third kappa shape index (κ3) is 3.98. The second kappa shape index (κ2) is 6.63. The van der Waals surface area contributed by atoms with Crippen molar-refractivity contribution >= 4 is 0 Å². The van der Waals surface area contributed by atoms with Gasteiger partial charge in [-0.1, -0.05) is 12.1 Å². The molecule has 0 fully saturated rings. The zero-order valence-corrected chi connectivity index (χ0v) is 11.6. The van der Waals surface area contributed by atoms with Gasteiger partial charge in [-0.05, 0) is 43.2 Å². The molecule has 1 unspecified atom stereocenters. The molecule has 0 radical (unpaired) electrons. The maximum absolute atomic E-state index is 13.5. The van der Waals surface area contributed by atoms with E-state index in [4.69, 9.17) is 10.5 Å². The molecule has 0 aliphatic carbocycles. The SMILES string of the molecule is CC(N)Cc1cc(F)ccc1OCc1cccc(F)c1F. The molecule has 1 atom stereocenters. The summed E-state index contributed by atoms with van der Waals surface area (Å²) in [5, 5.41) is 0. The van der Waals surface area contributed by atoms with E-state index in [-0.39, 0.29) is 18.2 Å². The average molecular weight is 295 g/mol. The van der Waals surface area contributed by atoms with Crippen molar-refractivity contribution in [3.8, 4) is 5.75 Å². The van der Waals surface area contributed by atoms with Gasteiger partial charge in [0, 0.05) is 11.6 Å². The van der Waals surface area contributed by atoms with Crippen molar-refractivity contribution in [2.24, 2.45) is 5.73 Å². The minimum Gasteiger partial charge on any atom is -0.489 e. The smallest absolute Gasteiger partial charge is 0.165 e. The van der Waals surface area contributed by atoms with E-state index in [1.807, 2.05) is 0 Å². The first-order valence-electron chi connectivity index (χ1n) is 6.57. The van der Waals surface area contributed by atoms with Gasteiger partial charge >= 0.3 is 0 Å². The number of nitrogens with two attached hydrogens (primary N) is 1. The Hall–Kier alpha value is -2.01. The monoisotopic (exact) mass is 295 g/mol. The van der Waals surface area contributed by atoms with Crippen LogP contribution in [0.25, 0.3) is 0 Å². The van der Waals surface area contributed by atoms with Crippen LogP contribution in [-0.4, -0.2) is 6.04 Å². The number of ether oxygens (including phenoxy) is 1. The van der Waals surface area contributed by atoms with Gasteiger partial charge in [-0.2, -0.15) is 0 Å². The first-order valence-corrected chi connectivity index (χ1v) is 6.57. The van der Waals surface area contributed by atoms with Crippen molar-refractivity contribution in [3.05, 3.63) is 65.0 Å². The van der Waals surface area contributed by atoms with Gasteiger partial charge in [0.15, 0.2) is 11.6 Å². The summed E-state index contributed by atoms with van der Waals surface area (Å²) in [7, 11) is 0. The van der Waals surface area contributed by atoms with E-state index in [1.54, 1.807) is 6.92 Å². The van der Waals surface area contributed by atoms with Gasteiger partial charge in [-0.3, -0.25) is 0 Å². The summed E-state index contributed by atoms with van der Waals surface area (Å²) in [5.41, 5.74) is 6.41. The van der Waals surface area contributed by atoms with Crippen molar-refractivity contribution in [1.29, 1.82) is 0 Å². The molecule has 2 aromatic carbocycles. The number of hydrogen-bond donors (Lipinski definition) is 1. The van der Waals surface area contributed by atoms with Gasteiger partial charge in [-0.25, -0.2) is 13.2 Å². The van der Waals surface area contributed by atoms with E-state index in [1.165, 1.54) is 30.3 Å². The molecule has 0 aliphatic heterocycles. The summed E-state index contributed by atoms with van der Waals surface area (Å²) in [6, 6.07) is 7.77. The first kappa shape index (κ1) is 15.4. The molecule has 0 spiro atoms. The molecular formula is C16H16F3NO. The van der Waals surface area contributed by atoms with Crippen molar-refractivity contribution in [2.75, 3.05) is 0 Å². The summed E-state index contributed by atoms with van der Waals surface area (Å²) < 4.78 is 45.4. The lowest BCUT2D eigenvalue weighted by atomic mass is 10.1. The van der Waals surface area contributed by atoms with Crippen molar-refractivity contribution < 1.29 is 17.9 Å². The summed E-state index contributed by atoms with van der Waals surface area (Å²) in [5.74, 6) is -1.84. The summed E-state index contributed by atoms with van der Waals surface area (Å²) in [6.07, 6.45) is 0.429. The maximum Gasteiger partial charge on any atom is 0.165 e. The lowest BCUT2D eigenvalue weighted by molar-refractivity contribution is 0.293. The van der Waals surface area contributed by atoms with E-state index in [0.29, 0.717) is 17.7 Å². The molecule has 5 heteroatoms. The lowest BCUT2D eigenvalue weighted by Crippen LogP contribution is -2.18. The number of hydrogen-bond acceptors (Lipinski definition) is 2. The molecular weight excluding hydrogens is 279 g/mol. The molecule has 2 aromatic rings. The van der Waals surface area contributed by atoms with Crippen LogP contribution < -0.4 is 10.5 Å². The second-order valence-corrected chi connectivity index (χ2v) is 4.94. The molecule has 2 nitrogen and oxygen atoms in total. The van der Waals surface area contributed by atoms with Gasteiger partial charge < -0.3 is 10.5 Å². The Bertz CT molecular complexity index is 629. The Morgan fingerprint density at radius 2 is 1.86 bits per heavy atom. The lowest BCUT2D eigenvalue weighted by Gasteiger charge is -2.13. The largest absolute Gasteiger partial charge is 0.489 e. The molecule has 0 aromatic heterocycles. The van der Waals surface area contributed by atoms with Crippen LogP contribution in [0, 0.1) is 17.5 Å². The summed E-state index contributed by atoms with van der Waals surface area (Å²) >= 11 is 0. The molecule has 2 N–H and O–H groups in total. The van der Waals surface area contributed by atoms with Gasteiger partial charge in [0.25, 0.3) is 0 Å². The van der Waals surface area contributed by atoms with Crippen LogP contribution in [0.1, 0.15) is 18.1 Å². The quantitative estimate of drug-likeness (QED) is 0.915. The molecule has 0 bridgehead atoms. The topological polar surface area (TPSA) is 35.2 Å². The standard InChI is InChI=1S/C16H16F3NO/c1-10(20)7-12-8-13(17)5-6-15(12)21-9-11-3-2-4-14(18)16(11)19/h2-6,8,10H,7,9,20H2,1H3. The molecule has 0 amide bonds. The first-order chi connectivity index (χ1) is 9.97. The number of benzene rings is 2. The van der Waals surface area contributed by atoms with Gasteiger partial charge in [0.05, 0.1) is 0 Å². The fourth-order valence-corrected chi connectivity index (χ4v) is 2.01. The second-order valence-electron chi connectivity index (χ2n) is 4.94. The molecule has 21 heavy (non-hydrogen) atoms. The third-order valence-electron chi connectivity index (χ3n) is 2.98. The summed E-state index contributed by atoms with van der Waals surface area (Å²) in [4.78, 5) is 0. The Morgan fingerprint density at radius 1 is 1.10 bits per heavy atom. The zero-order valence-electron chi connectivity index (χ0n) is 11.6. The Labute approximate surface area is 121 Å². The molecule has 0 saturated carbocycles. The highest BCUT2D eigenvalue weighted by molar-refractivity contribution is 5.35. The fraction of sp³-hybridized carbons (Fsp3) is 0.250. The normalized spacial score (nSPS) is 12.2. The van der Waals surface area contributed by atoms with Crippen LogP contribution in [0.5, 0.6) is 5.75 Å². The number of halogens is 3. The summed E-state index contributed by atoms with van der Waals surface area (Å²) in [6.45, 7) is 1.65. The Kier molecular flexibility index (Phi) is 4.85. The van der Waals surface area contributed by atoms with E-state index in [0.717, 1.165) is 6.07 Å². The van der Waals surface area contributed by atoms with E-state index in [9.17, 15) is 13.2 Å². The Morgan fingerprint density at radius 3 is 2.57 bits per heavy atom. The van der Waals surface area contributed by atoms with Crippen LogP contribution >= 0.6 is 0 Å². The minimum atomic E-state index is -0.937. The van der Waals surface area contributed by atoms with Gasteiger partial charge in [0.2, 0.25) is 0 Å². The predicted octanol–water partition coefficient (Wildman–Crippen LogP) is 3.57. The molecule has 2 rings (SSSR count). The van der Waals surface area contributed by atoms with Gasteiger partial charge in [0.1, 0.15) is 18.2 Å². The van der Waals surface area contributed by atoms with Crippen LogP contribution in [-0.2, 0) is 13.0 Å². The number of rotatable bonds is 5.